The number of likely N-dealkylation sites (N-methyl/N-ethyl adjacent to an activating group) is 1. The van der Waals surface area contributed by atoms with E-state index in [1.54, 1.807) is 7.11 Å². The number of carbonyl (C=O) groups is 1. The molecule has 1 atom stereocenters. The van der Waals surface area contributed by atoms with Crippen LogP contribution < -0.4 is 5.73 Å². The van der Waals surface area contributed by atoms with Gasteiger partial charge in [0.2, 0.25) is 5.91 Å². The lowest BCUT2D eigenvalue weighted by Gasteiger charge is -2.31. The molecule has 4 nitrogen and oxygen atoms in total. The fourth-order valence-electron chi connectivity index (χ4n) is 2.51. The fraction of sp³-hybridized carbons (Fsp3) is 0.923. The number of rotatable bonds is 4. The number of carbonyl (C=O) groups excluding carboxylic acids is 1. The predicted octanol–water partition coefficient (Wildman–Crippen LogP) is 1.53. The third-order valence-electron chi connectivity index (χ3n) is 3.63. The molecular weight excluding hydrogens is 216 g/mol. The minimum Gasteiger partial charge on any atom is -0.383 e. The van der Waals surface area contributed by atoms with Crippen molar-refractivity contribution in [1.29, 1.82) is 0 Å². The van der Waals surface area contributed by atoms with E-state index in [1.807, 2.05) is 11.9 Å². The van der Waals surface area contributed by atoms with Crippen molar-refractivity contribution in [3.63, 3.8) is 0 Å². The molecule has 1 aliphatic rings. The Morgan fingerprint density at radius 1 is 1.29 bits per heavy atom. The van der Waals surface area contributed by atoms with E-state index in [2.05, 4.69) is 0 Å². The summed E-state index contributed by atoms with van der Waals surface area (Å²) in [7, 11) is 3.45. The zero-order chi connectivity index (χ0) is 12.7. The van der Waals surface area contributed by atoms with Crippen molar-refractivity contribution in [2.24, 2.45) is 5.73 Å². The molecule has 0 aromatic heterocycles. The molecule has 1 unspecified atom stereocenters. The number of methoxy groups -OCH3 is 1. The van der Waals surface area contributed by atoms with Gasteiger partial charge in [-0.3, -0.25) is 4.79 Å². The SMILES string of the molecule is COCC(N)C(=O)N(C)C1CCCCCCC1. The van der Waals surface area contributed by atoms with Gasteiger partial charge >= 0.3 is 0 Å². The van der Waals surface area contributed by atoms with Crippen molar-refractivity contribution >= 4 is 5.91 Å². The third kappa shape index (κ3) is 4.64. The molecule has 0 heterocycles. The molecule has 0 bridgehead atoms. The van der Waals surface area contributed by atoms with Gasteiger partial charge in [0.25, 0.3) is 0 Å². The highest BCUT2D eigenvalue weighted by atomic mass is 16.5. The van der Waals surface area contributed by atoms with E-state index in [4.69, 9.17) is 10.5 Å². The van der Waals surface area contributed by atoms with Crippen LogP contribution in [0.5, 0.6) is 0 Å². The number of hydrogen-bond acceptors (Lipinski definition) is 3. The van der Waals surface area contributed by atoms with Crippen molar-refractivity contribution in [3.05, 3.63) is 0 Å². The minimum absolute atomic E-state index is 0.0115. The Labute approximate surface area is 104 Å². The van der Waals surface area contributed by atoms with Gasteiger partial charge in [-0.2, -0.15) is 0 Å². The van der Waals surface area contributed by atoms with Crippen LogP contribution in [0.15, 0.2) is 0 Å². The first kappa shape index (κ1) is 14.5. The highest BCUT2D eigenvalue weighted by Gasteiger charge is 2.24. The molecule has 1 amide bonds. The van der Waals surface area contributed by atoms with Gasteiger partial charge in [-0.05, 0) is 12.8 Å². The van der Waals surface area contributed by atoms with E-state index in [0.29, 0.717) is 12.6 Å². The molecule has 0 aromatic carbocycles. The highest BCUT2D eigenvalue weighted by Crippen LogP contribution is 2.20. The molecule has 17 heavy (non-hydrogen) atoms. The molecule has 1 saturated carbocycles. The molecule has 0 saturated heterocycles. The summed E-state index contributed by atoms with van der Waals surface area (Å²) in [6.07, 6.45) is 8.60. The van der Waals surface area contributed by atoms with Crippen molar-refractivity contribution in [2.75, 3.05) is 20.8 Å². The minimum atomic E-state index is -0.518. The van der Waals surface area contributed by atoms with Crippen LogP contribution in [0.25, 0.3) is 0 Å². The van der Waals surface area contributed by atoms with Gasteiger partial charge in [-0.25, -0.2) is 0 Å². The van der Waals surface area contributed by atoms with Crippen LogP contribution in [0, 0.1) is 0 Å². The molecule has 4 heteroatoms. The Kier molecular flexibility index (Phi) is 6.52. The fourth-order valence-corrected chi connectivity index (χ4v) is 2.51. The van der Waals surface area contributed by atoms with Crippen LogP contribution in [0.4, 0.5) is 0 Å². The van der Waals surface area contributed by atoms with Crippen LogP contribution >= 0.6 is 0 Å². The first-order chi connectivity index (χ1) is 8.16. The van der Waals surface area contributed by atoms with E-state index in [1.165, 1.54) is 32.1 Å². The first-order valence-corrected chi connectivity index (χ1v) is 6.68. The summed E-state index contributed by atoms with van der Waals surface area (Å²) in [5.74, 6) is 0.0115. The smallest absolute Gasteiger partial charge is 0.241 e. The molecule has 0 aliphatic heterocycles. The summed E-state index contributed by atoms with van der Waals surface area (Å²) in [5.41, 5.74) is 5.79. The maximum Gasteiger partial charge on any atom is 0.241 e. The standard InChI is InChI=1S/C13H26N2O2/c1-15(13(16)12(14)10-17-2)11-8-6-4-3-5-7-9-11/h11-12H,3-10,14H2,1-2H3. The zero-order valence-electron chi connectivity index (χ0n) is 11.2. The van der Waals surface area contributed by atoms with E-state index in [0.717, 1.165) is 12.8 Å². The van der Waals surface area contributed by atoms with Gasteiger partial charge in [0.15, 0.2) is 0 Å². The van der Waals surface area contributed by atoms with E-state index < -0.39 is 6.04 Å². The molecule has 0 aromatic rings. The van der Waals surface area contributed by atoms with E-state index in [9.17, 15) is 4.79 Å². The van der Waals surface area contributed by atoms with E-state index >= 15 is 0 Å². The first-order valence-electron chi connectivity index (χ1n) is 6.68. The Hall–Kier alpha value is -0.610. The van der Waals surface area contributed by atoms with Gasteiger partial charge in [0.1, 0.15) is 6.04 Å². The highest BCUT2D eigenvalue weighted by molar-refractivity contribution is 5.81. The van der Waals surface area contributed by atoms with Gasteiger partial charge in [-0.1, -0.05) is 32.1 Å². The normalized spacial score (nSPS) is 20.4. The molecule has 1 rings (SSSR count). The average molecular weight is 242 g/mol. The molecular formula is C13H26N2O2. The lowest BCUT2D eigenvalue weighted by atomic mass is 9.95. The summed E-state index contributed by atoms with van der Waals surface area (Å²) in [6.45, 7) is 0.301. The molecule has 2 N–H and O–H groups in total. The van der Waals surface area contributed by atoms with Gasteiger partial charge in [0, 0.05) is 20.2 Å². The quantitative estimate of drug-likeness (QED) is 0.813. The summed E-state index contributed by atoms with van der Waals surface area (Å²) in [5, 5.41) is 0. The molecule has 100 valence electrons. The number of amides is 1. The van der Waals surface area contributed by atoms with Crippen LogP contribution in [-0.2, 0) is 9.53 Å². The molecule has 1 aliphatic carbocycles. The van der Waals surface area contributed by atoms with Crippen molar-refractivity contribution in [3.8, 4) is 0 Å². The van der Waals surface area contributed by atoms with Gasteiger partial charge in [0.05, 0.1) is 6.61 Å². The van der Waals surface area contributed by atoms with Crippen molar-refractivity contribution in [1.82, 2.24) is 4.90 Å². The third-order valence-corrected chi connectivity index (χ3v) is 3.63. The summed E-state index contributed by atoms with van der Waals surface area (Å²) >= 11 is 0. The average Bonchev–Trinajstić information content (AvgIpc) is 2.27. The number of hydrogen-bond donors (Lipinski definition) is 1. The van der Waals surface area contributed by atoms with Crippen LogP contribution in [0.2, 0.25) is 0 Å². The molecule has 0 spiro atoms. The second-order valence-corrected chi connectivity index (χ2v) is 5.01. The van der Waals surface area contributed by atoms with Crippen LogP contribution in [0.3, 0.4) is 0 Å². The largest absolute Gasteiger partial charge is 0.383 e. The lowest BCUT2D eigenvalue weighted by molar-refractivity contribution is -0.134. The summed E-state index contributed by atoms with van der Waals surface area (Å²) in [4.78, 5) is 13.9. The second kappa shape index (κ2) is 7.67. The Morgan fingerprint density at radius 3 is 2.35 bits per heavy atom. The van der Waals surface area contributed by atoms with Crippen LogP contribution in [-0.4, -0.2) is 43.7 Å². The summed E-state index contributed by atoms with van der Waals surface area (Å²) in [6, 6.07) is -0.152. The number of ether oxygens (including phenoxy) is 1. The maximum absolute atomic E-state index is 12.1. The van der Waals surface area contributed by atoms with Crippen molar-refractivity contribution < 1.29 is 9.53 Å². The van der Waals surface area contributed by atoms with Crippen molar-refractivity contribution in [2.45, 2.75) is 57.0 Å². The Morgan fingerprint density at radius 2 is 1.82 bits per heavy atom. The monoisotopic (exact) mass is 242 g/mol. The molecule has 0 radical (unpaired) electrons. The number of nitrogens with two attached hydrogens (primary N) is 1. The van der Waals surface area contributed by atoms with Gasteiger partial charge in [-0.15, -0.1) is 0 Å². The Bertz CT molecular complexity index is 225. The Balaban J connectivity index is 2.47. The summed E-state index contributed by atoms with van der Waals surface area (Å²) < 4.78 is 4.93. The van der Waals surface area contributed by atoms with Crippen LogP contribution in [0.1, 0.15) is 44.9 Å². The lowest BCUT2D eigenvalue weighted by Crippen LogP contribution is -2.48. The second-order valence-electron chi connectivity index (χ2n) is 5.01. The van der Waals surface area contributed by atoms with E-state index in [-0.39, 0.29) is 5.91 Å². The zero-order valence-corrected chi connectivity index (χ0v) is 11.2. The number of nitrogens with zero attached hydrogens (tertiary/aromatic N) is 1. The topological polar surface area (TPSA) is 55.6 Å². The maximum atomic E-state index is 12.1. The van der Waals surface area contributed by atoms with Gasteiger partial charge < -0.3 is 15.4 Å². The predicted molar refractivity (Wildman–Crippen MR) is 68.7 cm³/mol. The molecule has 1 fully saturated rings.